The van der Waals surface area contributed by atoms with Crippen molar-refractivity contribution in [1.29, 1.82) is 0 Å². The largest absolute Gasteiger partial charge is 0.375 e. The van der Waals surface area contributed by atoms with Crippen molar-refractivity contribution in [1.82, 2.24) is 4.90 Å². The summed E-state index contributed by atoms with van der Waals surface area (Å²) in [5, 5.41) is 0. The Morgan fingerprint density at radius 2 is 1.95 bits per heavy atom. The number of rotatable bonds is 4. The van der Waals surface area contributed by atoms with Gasteiger partial charge in [-0.3, -0.25) is 0 Å². The van der Waals surface area contributed by atoms with Crippen LogP contribution in [0.4, 0.5) is 0 Å². The summed E-state index contributed by atoms with van der Waals surface area (Å²) >= 11 is 0. The summed E-state index contributed by atoms with van der Waals surface area (Å²) in [6, 6.07) is 10.7. The number of fused-ring (bicyclic) bond motifs is 2. The lowest BCUT2D eigenvalue weighted by Gasteiger charge is -2.42. The van der Waals surface area contributed by atoms with E-state index in [1.54, 1.807) is 0 Å². The molecule has 1 aromatic carbocycles. The lowest BCUT2D eigenvalue weighted by molar-refractivity contribution is -0.0654. The van der Waals surface area contributed by atoms with Crippen LogP contribution in [0.25, 0.3) is 0 Å². The molecule has 22 heavy (non-hydrogen) atoms. The summed E-state index contributed by atoms with van der Waals surface area (Å²) in [5.74, 6) is 0.769. The maximum absolute atomic E-state index is 6.01. The van der Waals surface area contributed by atoms with Crippen molar-refractivity contribution in [2.24, 2.45) is 5.92 Å². The highest BCUT2D eigenvalue weighted by Gasteiger charge is 2.42. The van der Waals surface area contributed by atoms with Crippen LogP contribution >= 0.6 is 0 Å². The Morgan fingerprint density at radius 1 is 1.18 bits per heavy atom. The van der Waals surface area contributed by atoms with Gasteiger partial charge in [-0.05, 0) is 37.7 Å². The van der Waals surface area contributed by atoms with Crippen molar-refractivity contribution < 1.29 is 9.47 Å². The molecule has 0 saturated carbocycles. The molecular formula is C19H27NO2. The fourth-order valence-corrected chi connectivity index (χ4v) is 4.72. The molecule has 3 atom stereocenters. The third kappa shape index (κ3) is 2.60. The summed E-state index contributed by atoms with van der Waals surface area (Å²) in [6.45, 7) is 3.49. The van der Waals surface area contributed by atoms with Crippen LogP contribution in [0.1, 0.15) is 37.7 Å². The summed E-state index contributed by atoms with van der Waals surface area (Å²) in [7, 11) is 1.87. The highest BCUT2D eigenvalue weighted by Crippen LogP contribution is 2.41. The smallest absolute Gasteiger partial charge is 0.0951 e. The van der Waals surface area contributed by atoms with Gasteiger partial charge in [0.2, 0.25) is 0 Å². The molecule has 0 spiro atoms. The van der Waals surface area contributed by atoms with E-state index in [0.29, 0.717) is 12.2 Å². The molecule has 3 nitrogen and oxygen atoms in total. The molecule has 3 heteroatoms. The lowest BCUT2D eigenvalue weighted by Crippen LogP contribution is -2.46. The molecule has 2 bridgehead atoms. The summed E-state index contributed by atoms with van der Waals surface area (Å²) in [6.07, 6.45) is 7.17. The summed E-state index contributed by atoms with van der Waals surface area (Å²) < 4.78 is 12.0. The molecule has 3 saturated heterocycles. The number of piperidine rings is 1. The molecule has 0 N–H and O–H groups in total. The molecule has 0 aliphatic carbocycles. The molecule has 0 amide bonds. The molecule has 0 unspecified atom stereocenters. The van der Waals surface area contributed by atoms with Crippen molar-refractivity contribution in [3.63, 3.8) is 0 Å². The van der Waals surface area contributed by atoms with E-state index < -0.39 is 0 Å². The minimum Gasteiger partial charge on any atom is -0.375 e. The van der Waals surface area contributed by atoms with Crippen LogP contribution in [0.2, 0.25) is 0 Å². The first-order valence-corrected chi connectivity index (χ1v) is 8.77. The highest BCUT2D eigenvalue weighted by molar-refractivity contribution is 5.23. The molecule has 1 aromatic rings. The summed E-state index contributed by atoms with van der Waals surface area (Å²) in [4.78, 5) is 2.63. The van der Waals surface area contributed by atoms with Gasteiger partial charge in [0.25, 0.3) is 0 Å². The minimum absolute atomic E-state index is 0.0804. The topological polar surface area (TPSA) is 21.7 Å². The molecule has 3 aliphatic heterocycles. The van der Waals surface area contributed by atoms with Gasteiger partial charge in [-0.25, -0.2) is 0 Å². The van der Waals surface area contributed by atoms with Crippen molar-refractivity contribution in [3.05, 3.63) is 35.9 Å². The van der Waals surface area contributed by atoms with Crippen LogP contribution in [0.3, 0.4) is 0 Å². The van der Waals surface area contributed by atoms with Crippen LogP contribution in [-0.4, -0.2) is 43.9 Å². The molecule has 3 aliphatic rings. The first-order valence-electron chi connectivity index (χ1n) is 8.77. The molecule has 4 rings (SSSR count). The Labute approximate surface area is 133 Å². The number of nitrogens with zero attached hydrogens (tertiary/aromatic N) is 1. The molecule has 0 radical (unpaired) electrons. The molecule has 3 heterocycles. The van der Waals surface area contributed by atoms with Crippen molar-refractivity contribution in [2.45, 2.75) is 49.9 Å². The van der Waals surface area contributed by atoms with E-state index in [-0.39, 0.29) is 5.60 Å². The number of benzene rings is 1. The van der Waals surface area contributed by atoms with E-state index in [1.807, 2.05) is 7.11 Å². The second-order valence-electron chi connectivity index (χ2n) is 7.23. The zero-order valence-corrected chi connectivity index (χ0v) is 13.5. The van der Waals surface area contributed by atoms with Crippen molar-refractivity contribution >= 4 is 0 Å². The normalized spacial score (nSPS) is 34.1. The molecule has 3 fully saturated rings. The van der Waals surface area contributed by atoms with Gasteiger partial charge in [0.05, 0.1) is 17.8 Å². The summed E-state index contributed by atoms with van der Waals surface area (Å²) in [5.41, 5.74) is 1.25. The van der Waals surface area contributed by atoms with Crippen LogP contribution in [0, 0.1) is 5.92 Å². The Hall–Kier alpha value is -0.900. The lowest BCUT2D eigenvalue weighted by atomic mass is 9.83. The predicted molar refractivity (Wildman–Crippen MR) is 86.8 cm³/mol. The van der Waals surface area contributed by atoms with Gasteiger partial charge >= 0.3 is 0 Å². The zero-order valence-electron chi connectivity index (χ0n) is 13.5. The number of methoxy groups -OCH3 is 1. The second kappa shape index (κ2) is 5.95. The predicted octanol–water partition coefficient (Wildman–Crippen LogP) is 3.19. The van der Waals surface area contributed by atoms with Gasteiger partial charge in [-0.2, -0.15) is 0 Å². The number of likely N-dealkylation sites (tertiary alicyclic amines) is 1. The molecular weight excluding hydrogens is 274 g/mol. The quantitative estimate of drug-likeness (QED) is 0.852. The second-order valence-corrected chi connectivity index (χ2v) is 7.23. The zero-order chi connectivity index (χ0) is 15.0. The van der Waals surface area contributed by atoms with Gasteiger partial charge in [0.15, 0.2) is 0 Å². The van der Waals surface area contributed by atoms with Gasteiger partial charge in [-0.1, -0.05) is 30.3 Å². The van der Waals surface area contributed by atoms with Gasteiger partial charge in [0.1, 0.15) is 0 Å². The minimum atomic E-state index is -0.0804. The maximum Gasteiger partial charge on any atom is 0.0951 e. The SMILES string of the molecule is COC1(c2ccccc2)CCN(C[C@H]2C[C@@H]3CC[C@H]2O3)CC1. The van der Waals surface area contributed by atoms with E-state index >= 15 is 0 Å². The maximum atomic E-state index is 6.01. The standard InChI is InChI=1S/C19H27NO2/c1-21-19(16-5-3-2-4-6-16)9-11-20(12-10-19)14-15-13-17-7-8-18(15)22-17/h2-6,15,17-18H,7-14H2,1H3/t15-,17+,18-/m1/s1. The first kappa shape index (κ1) is 14.7. The highest BCUT2D eigenvalue weighted by atomic mass is 16.5. The number of hydrogen-bond donors (Lipinski definition) is 0. The van der Waals surface area contributed by atoms with Crippen molar-refractivity contribution in [3.8, 4) is 0 Å². The Morgan fingerprint density at radius 3 is 2.55 bits per heavy atom. The van der Waals surface area contributed by atoms with Crippen LogP contribution in [0.5, 0.6) is 0 Å². The van der Waals surface area contributed by atoms with E-state index in [0.717, 1.165) is 31.8 Å². The van der Waals surface area contributed by atoms with Crippen LogP contribution in [-0.2, 0) is 15.1 Å². The Bertz CT molecular complexity index is 495. The van der Waals surface area contributed by atoms with Crippen LogP contribution in [0.15, 0.2) is 30.3 Å². The van der Waals surface area contributed by atoms with Crippen LogP contribution < -0.4 is 0 Å². The average Bonchev–Trinajstić information content (AvgIpc) is 3.19. The monoisotopic (exact) mass is 301 g/mol. The number of ether oxygens (including phenoxy) is 2. The third-order valence-corrected chi connectivity index (χ3v) is 6.08. The van der Waals surface area contributed by atoms with Gasteiger partial charge in [0, 0.05) is 32.7 Å². The Kier molecular flexibility index (Phi) is 3.97. The van der Waals surface area contributed by atoms with Gasteiger partial charge in [-0.15, -0.1) is 0 Å². The van der Waals surface area contributed by atoms with E-state index in [2.05, 4.69) is 35.2 Å². The third-order valence-electron chi connectivity index (χ3n) is 6.08. The van der Waals surface area contributed by atoms with Crippen molar-refractivity contribution in [2.75, 3.05) is 26.7 Å². The van der Waals surface area contributed by atoms with E-state index in [9.17, 15) is 0 Å². The van der Waals surface area contributed by atoms with E-state index in [4.69, 9.17) is 9.47 Å². The fourth-order valence-electron chi connectivity index (χ4n) is 4.72. The number of hydrogen-bond acceptors (Lipinski definition) is 3. The Balaban J connectivity index is 1.37. The molecule has 0 aromatic heterocycles. The average molecular weight is 301 g/mol. The van der Waals surface area contributed by atoms with Gasteiger partial charge < -0.3 is 14.4 Å². The molecule has 120 valence electrons. The van der Waals surface area contributed by atoms with E-state index in [1.165, 1.54) is 31.4 Å². The first-order chi connectivity index (χ1) is 10.8. The fraction of sp³-hybridized carbons (Fsp3) is 0.684.